The molecule has 36 heavy (non-hydrogen) atoms. The molecule has 4 atom stereocenters. The number of hydrogen-bond donors (Lipinski definition) is 2. The van der Waals surface area contributed by atoms with Crippen LogP contribution in [0.2, 0.25) is 0 Å². The van der Waals surface area contributed by atoms with Gasteiger partial charge >= 0.3 is 12.1 Å². The first-order chi connectivity index (χ1) is 17.4. The van der Waals surface area contributed by atoms with Crippen LogP contribution in [0.1, 0.15) is 67.9 Å². The van der Waals surface area contributed by atoms with Gasteiger partial charge in [-0.15, -0.1) is 0 Å². The summed E-state index contributed by atoms with van der Waals surface area (Å²) in [6, 6.07) is 13.2. The molecule has 2 heterocycles. The Morgan fingerprint density at radius 2 is 1.92 bits per heavy atom. The van der Waals surface area contributed by atoms with Gasteiger partial charge < -0.3 is 19.5 Å². The summed E-state index contributed by atoms with van der Waals surface area (Å²) in [4.78, 5) is 31.7. The maximum atomic E-state index is 12.6. The van der Waals surface area contributed by atoms with Gasteiger partial charge in [0, 0.05) is 24.1 Å². The highest BCUT2D eigenvalue weighted by Crippen LogP contribution is 2.40. The lowest BCUT2D eigenvalue weighted by Gasteiger charge is -2.34. The minimum atomic E-state index is -0.892. The predicted molar refractivity (Wildman–Crippen MR) is 136 cm³/mol. The van der Waals surface area contributed by atoms with Gasteiger partial charge in [-0.1, -0.05) is 30.3 Å². The number of carbonyl (C=O) groups excluding carboxylic acids is 1. The lowest BCUT2D eigenvalue weighted by Crippen LogP contribution is -2.42. The number of fused-ring (bicyclic) bond motifs is 3. The van der Waals surface area contributed by atoms with Crippen LogP contribution in [-0.2, 0) is 22.4 Å². The van der Waals surface area contributed by atoms with E-state index in [4.69, 9.17) is 9.72 Å². The second-order valence-corrected chi connectivity index (χ2v) is 10.0. The normalized spacial score (nSPS) is 22.8. The average molecular weight is 492 g/mol. The first kappa shape index (κ1) is 24.3. The molecule has 1 aliphatic carbocycles. The van der Waals surface area contributed by atoms with Gasteiger partial charge in [-0.2, -0.15) is 0 Å². The van der Waals surface area contributed by atoms with Crippen LogP contribution >= 0.6 is 0 Å². The standard InChI is InChI=1S/C28H33N3O5/c1-17-11-12-21-23(30(17)28(35)36-2)13-14-24-26(21)29-25(31(24)19-9-6-10-20(32)15-19)16-22(27(33)34)18-7-4-3-5-8-18/h3-5,7-8,13-14,17,19-20,22,32H,6,9-12,15-16H2,1-2H3,(H,33,34)/t17?,19-,20+,22?/m0/s1. The van der Waals surface area contributed by atoms with E-state index >= 15 is 0 Å². The van der Waals surface area contributed by atoms with Crippen molar-refractivity contribution in [3.05, 3.63) is 59.4 Å². The van der Waals surface area contributed by atoms with Gasteiger partial charge in [0.05, 0.1) is 35.9 Å². The molecular weight excluding hydrogens is 458 g/mol. The minimum absolute atomic E-state index is 0.00641. The zero-order valence-electron chi connectivity index (χ0n) is 20.8. The Hall–Kier alpha value is -3.39. The molecule has 2 N–H and O–H groups in total. The zero-order valence-corrected chi connectivity index (χ0v) is 20.8. The summed E-state index contributed by atoms with van der Waals surface area (Å²) in [5.74, 6) is -0.925. The maximum Gasteiger partial charge on any atom is 0.414 e. The maximum absolute atomic E-state index is 12.6. The van der Waals surface area contributed by atoms with Crippen molar-refractivity contribution < 1.29 is 24.5 Å². The fraction of sp³-hybridized carbons (Fsp3) is 0.464. The summed E-state index contributed by atoms with van der Waals surface area (Å²) in [6.07, 6.45) is 4.22. The fourth-order valence-electron chi connectivity index (χ4n) is 5.96. The van der Waals surface area contributed by atoms with Crippen molar-refractivity contribution >= 4 is 28.8 Å². The van der Waals surface area contributed by atoms with Crippen molar-refractivity contribution in [2.75, 3.05) is 12.0 Å². The molecule has 1 aromatic heterocycles. The highest BCUT2D eigenvalue weighted by molar-refractivity contribution is 5.95. The third-order valence-corrected chi connectivity index (χ3v) is 7.77. The van der Waals surface area contributed by atoms with Gasteiger partial charge in [-0.05, 0) is 63.1 Å². The van der Waals surface area contributed by atoms with Gasteiger partial charge in [-0.25, -0.2) is 9.78 Å². The first-order valence-electron chi connectivity index (χ1n) is 12.7. The van der Waals surface area contributed by atoms with Gasteiger partial charge in [0.15, 0.2) is 0 Å². The number of aromatic nitrogens is 2. The fourth-order valence-corrected chi connectivity index (χ4v) is 5.96. The molecule has 2 aromatic carbocycles. The molecule has 1 saturated carbocycles. The number of methoxy groups -OCH3 is 1. The SMILES string of the molecule is COC(=O)N1c2ccc3c(nc(CC(C(=O)O)c4ccccc4)n3[C@H]3CCC[C@@H](O)C3)c2CCC1C. The van der Waals surface area contributed by atoms with Crippen molar-refractivity contribution in [1.82, 2.24) is 9.55 Å². The lowest BCUT2D eigenvalue weighted by atomic mass is 9.91. The number of carbonyl (C=O) groups is 2. The first-order valence-corrected chi connectivity index (χ1v) is 12.7. The van der Waals surface area contributed by atoms with E-state index in [9.17, 15) is 19.8 Å². The Labute approximate surface area is 210 Å². The zero-order chi connectivity index (χ0) is 25.4. The summed E-state index contributed by atoms with van der Waals surface area (Å²) < 4.78 is 7.23. The molecule has 0 saturated heterocycles. The third kappa shape index (κ3) is 4.34. The van der Waals surface area contributed by atoms with Crippen LogP contribution < -0.4 is 4.90 Å². The molecule has 0 bridgehead atoms. The van der Waals surface area contributed by atoms with Crippen LogP contribution in [0.15, 0.2) is 42.5 Å². The molecule has 1 amide bonds. The molecule has 190 valence electrons. The third-order valence-electron chi connectivity index (χ3n) is 7.77. The number of hydrogen-bond acceptors (Lipinski definition) is 5. The predicted octanol–water partition coefficient (Wildman–Crippen LogP) is 4.83. The highest BCUT2D eigenvalue weighted by atomic mass is 16.5. The molecule has 1 fully saturated rings. The number of imidazole rings is 1. The number of ether oxygens (including phenoxy) is 1. The second-order valence-electron chi connectivity index (χ2n) is 10.0. The number of aliphatic hydroxyl groups excluding tert-OH is 1. The smallest absolute Gasteiger partial charge is 0.414 e. The van der Waals surface area contributed by atoms with Crippen LogP contribution in [-0.4, -0.2) is 51.1 Å². The van der Waals surface area contributed by atoms with E-state index in [-0.39, 0.29) is 24.6 Å². The van der Waals surface area contributed by atoms with Crippen molar-refractivity contribution in [2.45, 2.75) is 76.0 Å². The number of aliphatic hydroxyl groups is 1. The number of carboxylic acids is 1. The van der Waals surface area contributed by atoms with E-state index in [1.54, 1.807) is 4.90 Å². The monoisotopic (exact) mass is 491 g/mol. The molecule has 0 radical (unpaired) electrons. The lowest BCUT2D eigenvalue weighted by molar-refractivity contribution is -0.138. The Morgan fingerprint density at radius 1 is 1.14 bits per heavy atom. The van der Waals surface area contributed by atoms with Crippen LogP contribution in [0, 0.1) is 0 Å². The topological polar surface area (TPSA) is 105 Å². The van der Waals surface area contributed by atoms with Crippen LogP contribution in [0.3, 0.4) is 0 Å². The van der Waals surface area contributed by atoms with E-state index in [0.29, 0.717) is 12.2 Å². The molecule has 8 nitrogen and oxygen atoms in total. The Balaban J connectivity index is 1.66. The van der Waals surface area contributed by atoms with E-state index in [1.165, 1.54) is 7.11 Å². The van der Waals surface area contributed by atoms with Crippen molar-refractivity contribution in [2.24, 2.45) is 0 Å². The number of rotatable bonds is 5. The number of anilines is 1. The molecule has 3 aromatic rings. The number of aryl methyl sites for hydroxylation is 1. The number of nitrogens with zero attached hydrogens (tertiary/aromatic N) is 3. The summed E-state index contributed by atoms with van der Waals surface area (Å²) in [7, 11) is 1.39. The average Bonchev–Trinajstić information content (AvgIpc) is 3.25. The van der Waals surface area contributed by atoms with Crippen molar-refractivity contribution in [3.8, 4) is 0 Å². The van der Waals surface area contributed by atoms with Gasteiger partial charge in [-0.3, -0.25) is 9.69 Å². The van der Waals surface area contributed by atoms with Crippen LogP contribution in [0.25, 0.3) is 11.0 Å². The number of benzene rings is 2. The Kier molecular flexibility index (Phi) is 6.71. The quantitative estimate of drug-likeness (QED) is 0.530. The molecule has 0 spiro atoms. The van der Waals surface area contributed by atoms with Gasteiger partial charge in [0.1, 0.15) is 5.82 Å². The molecule has 1 aliphatic heterocycles. The Bertz CT molecular complexity index is 1270. The van der Waals surface area contributed by atoms with E-state index in [0.717, 1.165) is 60.0 Å². The van der Waals surface area contributed by atoms with E-state index in [1.807, 2.05) is 49.4 Å². The highest BCUT2D eigenvalue weighted by Gasteiger charge is 2.34. The molecule has 2 unspecified atom stereocenters. The van der Waals surface area contributed by atoms with Crippen molar-refractivity contribution in [1.29, 1.82) is 0 Å². The van der Waals surface area contributed by atoms with Gasteiger partial charge in [0.25, 0.3) is 0 Å². The number of aliphatic carboxylic acids is 1. The number of carboxylic acid groups (broad SMARTS) is 1. The van der Waals surface area contributed by atoms with E-state index in [2.05, 4.69) is 4.57 Å². The van der Waals surface area contributed by atoms with Crippen molar-refractivity contribution in [3.63, 3.8) is 0 Å². The Morgan fingerprint density at radius 3 is 2.61 bits per heavy atom. The second kappa shape index (κ2) is 9.93. The molecule has 2 aliphatic rings. The largest absolute Gasteiger partial charge is 0.481 e. The number of amides is 1. The molecule has 8 heteroatoms. The molecular formula is C28H33N3O5. The summed E-state index contributed by atoms with van der Waals surface area (Å²) in [6.45, 7) is 2.01. The van der Waals surface area contributed by atoms with E-state index < -0.39 is 18.0 Å². The van der Waals surface area contributed by atoms with Crippen LogP contribution in [0.4, 0.5) is 10.5 Å². The van der Waals surface area contributed by atoms with Crippen LogP contribution in [0.5, 0.6) is 0 Å². The summed E-state index contributed by atoms with van der Waals surface area (Å²) in [5, 5.41) is 20.6. The minimum Gasteiger partial charge on any atom is -0.481 e. The summed E-state index contributed by atoms with van der Waals surface area (Å²) >= 11 is 0. The van der Waals surface area contributed by atoms with Gasteiger partial charge in [0.2, 0.25) is 0 Å². The molecule has 5 rings (SSSR count). The summed E-state index contributed by atoms with van der Waals surface area (Å²) in [5.41, 5.74) is 4.25.